The number of hydrogen-bond acceptors (Lipinski definition) is 4. The highest BCUT2D eigenvalue weighted by Crippen LogP contribution is 2.32. The van der Waals surface area contributed by atoms with E-state index in [-0.39, 0.29) is 22.1 Å². The van der Waals surface area contributed by atoms with Crippen LogP contribution in [0.1, 0.15) is 5.56 Å². The Morgan fingerprint density at radius 3 is 2.57 bits per heavy atom. The van der Waals surface area contributed by atoms with E-state index >= 15 is 0 Å². The van der Waals surface area contributed by atoms with Gasteiger partial charge in [0.2, 0.25) is 10.0 Å². The highest BCUT2D eigenvalue weighted by Gasteiger charge is 2.20. The minimum absolute atomic E-state index is 0.00282. The first-order chi connectivity index (χ1) is 9.85. The fraction of sp³-hybridized carbons (Fsp3) is 0.143. The van der Waals surface area contributed by atoms with Crippen molar-refractivity contribution in [3.05, 3.63) is 47.8 Å². The van der Waals surface area contributed by atoms with E-state index in [1.807, 2.05) is 0 Å². The topological polar surface area (TPSA) is 81.4 Å². The molecule has 0 heterocycles. The van der Waals surface area contributed by atoms with Gasteiger partial charge >= 0.3 is 0 Å². The number of anilines is 1. The minimum Gasteiger partial charge on any atom is -0.453 e. The van der Waals surface area contributed by atoms with Crippen molar-refractivity contribution in [2.45, 2.75) is 11.8 Å². The SMILES string of the molecule is CNS(=O)(=O)c1cc(N)ccc1Oc1cccc(C)c1F. The number of sulfonamides is 1. The lowest BCUT2D eigenvalue weighted by atomic mass is 10.2. The zero-order chi connectivity index (χ0) is 15.6. The molecule has 2 rings (SSSR count). The largest absolute Gasteiger partial charge is 0.453 e. The summed E-state index contributed by atoms with van der Waals surface area (Å²) in [5, 5.41) is 0. The van der Waals surface area contributed by atoms with Crippen LogP contribution in [0, 0.1) is 12.7 Å². The van der Waals surface area contributed by atoms with E-state index < -0.39 is 15.8 Å². The van der Waals surface area contributed by atoms with Crippen LogP contribution in [0.15, 0.2) is 41.3 Å². The molecule has 0 aromatic heterocycles. The zero-order valence-corrected chi connectivity index (χ0v) is 12.4. The van der Waals surface area contributed by atoms with Crippen LogP contribution in [0.2, 0.25) is 0 Å². The van der Waals surface area contributed by atoms with Crippen LogP contribution in [-0.4, -0.2) is 15.5 Å². The maximum atomic E-state index is 14.0. The Kier molecular flexibility index (Phi) is 4.15. The van der Waals surface area contributed by atoms with Crippen molar-refractivity contribution in [1.82, 2.24) is 4.72 Å². The van der Waals surface area contributed by atoms with Crippen LogP contribution in [0.25, 0.3) is 0 Å². The molecule has 0 aliphatic carbocycles. The van der Waals surface area contributed by atoms with Crippen LogP contribution in [0.3, 0.4) is 0 Å². The number of ether oxygens (including phenoxy) is 1. The number of halogens is 1. The number of nitrogens with two attached hydrogens (primary N) is 1. The Balaban J connectivity index is 2.53. The van der Waals surface area contributed by atoms with E-state index in [1.165, 1.54) is 31.3 Å². The summed E-state index contributed by atoms with van der Waals surface area (Å²) in [7, 11) is -2.50. The van der Waals surface area contributed by atoms with Gasteiger partial charge in [-0.1, -0.05) is 12.1 Å². The fourth-order valence-electron chi connectivity index (χ4n) is 1.75. The first-order valence-corrected chi connectivity index (χ1v) is 7.59. The molecule has 0 aliphatic rings. The molecule has 0 amide bonds. The van der Waals surface area contributed by atoms with Crippen molar-refractivity contribution in [2.24, 2.45) is 0 Å². The molecule has 2 aromatic carbocycles. The zero-order valence-electron chi connectivity index (χ0n) is 11.6. The number of nitrogens with one attached hydrogen (secondary N) is 1. The fourth-order valence-corrected chi connectivity index (χ4v) is 2.63. The molecule has 0 aliphatic heterocycles. The van der Waals surface area contributed by atoms with Crippen molar-refractivity contribution in [1.29, 1.82) is 0 Å². The van der Waals surface area contributed by atoms with Crippen LogP contribution >= 0.6 is 0 Å². The normalized spacial score (nSPS) is 11.4. The Morgan fingerprint density at radius 2 is 1.90 bits per heavy atom. The summed E-state index contributed by atoms with van der Waals surface area (Å²) in [6.45, 7) is 1.59. The summed E-state index contributed by atoms with van der Waals surface area (Å²) in [5.41, 5.74) is 6.27. The molecule has 0 saturated carbocycles. The van der Waals surface area contributed by atoms with Gasteiger partial charge in [0.25, 0.3) is 0 Å². The third-order valence-corrected chi connectivity index (χ3v) is 4.34. The highest BCUT2D eigenvalue weighted by atomic mass is 32.2. The number of rotatable bonds is 4. The molecule has 0 unspecified atom stereocenters. The molecule has 0 spiro atoms. The van der Waals surface area contributed by atoms with Gasteiger partial charge in [-0.25, -0.2) is 17.5 Å². The average Bonchev–Trinajstić information content (AvgIpc) is 2.45. The van der Waals surface area contributed by atoms with Crippen molar-refractivity contribution in [3.63, 3.8) is 0 Å². The third kappa shape index (κ3) is 3.14. The number of nitrogen functional groups attached to an aromatic ring is 1. The van der Waals surface area contributed by atoms with Gasteiger partial charge in [0, 0.05) is 5.69 Å². The smallest absolute Gasteiger partial charge is 0.244 e. The first kappa shape index (κ1) is 15.3. The second-order valence-electron chi connectivity index (χ2n) is 4.40. The Morgan fingerprint density at radius 1 is 1.19 bits per heavy atom. The molecular formula is C14H15FN2O3S. The van der Waals surface area contributed by atoms with Crippen molar-refractivity contribution < 1.29 is 17.5 Å². The molecule has 0 fully saturated rings. The van der Waals surface area contributed by atoms with E-state index in [4.69, 9.17) is 10.5 Å². The van der Waals surface area contributed by atoms with Gasteiger partial charge in [-0.2, -0.15) is 0 Å². The second kappa shape index (κ2) is 5.71. The Hall–Kier alpha value is -2.12. The summed E-state index contributed by atoms with van der Waals surface area (Å²) >= 11 is 0. The predicted molar refractivity (Wildman–Crippen MR) is 78.3 cm³/mol. The Labute approximate surface area is 122 Å². The summed E-state index contributed by atoms with van der Waals surface area (Å²) in [5.74, 6) is -0.586. The van der Waals surface area contributed by atoms with E-state index in [0.717, 1.165) is 0 Å². The summed E-state index contributed by atoms with van der Waals surface area (Å²) in [4.78, 5) is -0.147. The molecule has 0 atom stereocenters. The van der Waals surface area contributed by atoms with Crippen LogP contribution in [0.5, 0.6) is 11.5 Å². The molecule has 112 valence electrons. The van der Waals surface area contributed by atoms with Crippen LogP contribution < -0.4 is 15.2 Å². The molecule has 0 radical (unpaired) electrons. The van der Waals surface area contributed by atoms with E-state index in [2.05, 4.69) is 4.72 Å². The van der Waals surface area contributed by atoms with Crippen LogP contribution in [0.4, 0.5) is 10.1 Å². The molecular weight excluding hydrogens is 295 g/mol. The lowest BCUT2D eigenvalue weighted by Gasteiger charge is -2.13. The first-order valence-electron chi connectivity index (χ1n) is 6.11. The van der Waals surface area contributed by atoms with Gasteiger partial charge < -0.3 is 10.5 Å². The summed E-state index contributed by atoms with van der Waals surface area (Å²) in [6.07, 6.45) is 0. The van der Waals surface area contributed by atoms with Gasteiger partial charge in [0.15, 0.2) is 11.6 Å². The molecule has 3 N–H and O–H groups in total. The van der Waals surface area contributed by atoms with E-state index in [1.54, 1.807) is 19.1 Å². The number of benzene rings is 2. The highest BCUT2D eigenvalue weighted by molar-refractivity contribution is 7.89. The van der Waals surface area contributed by atoms with E-state index in [0.29, 0.717) is 5.56 Å². The molecule has 2 aromatic rings. The second-order valence-corrected chi connectivity index (χ2v) is 6.26. The van der Waals surface area contributed by atoms with Gasteiger partial charge in [-0.15, -0.1) is 0 Å². The van der Waals surface area contributed by atoms with Crippen molar-refractivity contribution in [2.75, 3.05) is 12.8 Å². The third-order valence-electron chi connectivity index (χ3n) is 2.90. The molecule has 0 bridgehead atoms. The lowest BCUT2D eigenvalue weighted by Crippen LogP contribution is -2.19. The average molecular weight is 310 g/mol. The molecule has 7 heteroatoms. The van der Waals surface area contributed by atoms with Crippen LogP contribution in [-0.2, 0) is 10.0 Å². The molecule has 21 heavy (non-hydrogen) atoms. The molecule has 5 nitrogen and oxygen atoms in total. The summed E-state index contributed by atoms with van der Waals surface area (Å²) in [6, 6.07) is 8.77. The van der Waals surface area contributed by atoms with Crippen molar-refractivity contribution in [3.8, 4) is 11.5 Å². The quantitative estimate of drug-likeness (QED) is 0.850. The summed E-state index contributed by atoms with van der Waals surface area (Å²) < 4.78 is 45.5. The number of hydrogen-bond donors (Lipinski definition) is 2. The van der Waals surface area contributed by atoms with Crippen molar-refractivity contribution >= 4 is 15.7 Å². The minimum atomic E-state index is -3.77. The molecule has 0 saturated heterocycles. The van der Waals surface area contributed by atoms with E-state index in [9.17, 15) is 12.8 Å². The maximum absolute atomic E-state index is 14.0. The van der Waals surface area contributed by atoms with Gasteiger partial charge in [0.05, 0.1) is 0 Å². The van der Waals surface area contributed by atoms with Gasteiger partial charge in [-0.05, 0) is 43.8 Å². The lowest BCUT2D eigenvalue weighted by molar-refractivity contribution is 0.429. The monoisotopic (exact) mass is 310 g/mol. The predicted octanol–water partition coefficient (Wildman–Crippen LogP) is 2.42. The Bertz CT molecular complexity index is 776. The van der Waals surface area contributed by atoms with Gasteiger partial charge in [-0.3, -0.25) is 0 Å². The van der Waals surface area contributed by atoms with Gasteiger partial charge in [0.1, 0.15) is 10.6 Å². The maximum Gasteiger partial charge on any atom is 0.244 e. The standard InChI is InChI=1S/C14H15FN2O3S/c1-9-4-3-5-12(14(9)15)20-11-7-6-10(16)8-13(11)21(18,19)17-2/h3-8,17H,16H2,1-2H3. The number of aryl methyl sites for hydroxylation is 1.